The second-order valence-electron chi connectivity index (χ2n) is 10.3. The van der Waals surface area contributed by atoms with Crippen molar-refractivity contribution >= 4 is 40.1 Å². The van der Waals surface area contributed by atoms with Gasteiger partial charge in [-0.25, -0.2) is 14.1 Å². The summed E-state index contributed by atoms with van der Waals surface area (Å²) in [7, 11) is 1.59. The summed E-state index contributed by atoms with van der Waals surface area (Å²) in [4.78, 5) is 48.0. The van der Waals surface area contributed by atoms with Crippen molar-refractivity contribution in [2.75, 3.05) is 17.3 Å². The number of fused-ring (bicyclic) bond motifs is 4. The van der Waals surface area contributed by atoms with E-state index in [1.54, 1.807) is 36.3 Å². The maximum absolute atomic E-state index is 14.3. The molecule has 2 aliphatic heterocycles. The van der Waals surface area contributed by atoms with Crippen LogP contribution in [0, 0.1) is 5.82 Å². The lowest BCUT2D eigenvalue weighted by Crippen LogP contribution is -2.44. The second-order valence-corrected chi connectivity index (χ2v) is 10.3. The van der Waals surface area contributed by atoms with Crippen molar-refractivity contribution < 1.29 is 23.5 Å². The second kappa shape index (κ2) is 9.88. The third kappa shape index (κ3) is 4.01. The summed E-state index contributed by atoms with van der Waals surface area (Å²) >= 11 is 0. The van der Waals surface area contributed by atoms with E-state index in [2.05, 4.69) is 10.3 Å². The molecule has 42 heavy (non-hydrogen) atoms. The van der Waals surface area contributed by atoms with Crippen LogP contribution in [0.5, 0.6) is 5.75 Å². The summed E-state index contributed by atoms with van der Waals surface area (Å²) in [5.41, 5.74) is 4.30. The fraction of sp³-hybridized carbons (Fsp3) is 0.121. The van der Waals surface area contributed by atoms with Crippen LogP contribution in [0.1, 0.15) is 33.2 Å². The minimum atomic E-state index is -0.774. The predicted molar refractivity (Wildman–Crippen MR) is 156 cm³/mol. The average molecular weight is 561 g/mol. The van der Waals surface area contributed by atoms with Crippen LogP contribution in [0.2, 0.25) is 0 Å². The molecule has 7 rings (SSSR count). The van der Waals surface area contributed by atoms with E-state index in [-0.39, 0.29) is 11.3 Å². The predicted octanol–water partition coefficient (Wildman–Crippen LogP) is 6.05. The number of anilines is 2. The van der Waals surface area contributed by atoms with Crippen LogP contribution in [0.3, 0.4) is 0 Å². The van der Waals surface area contributed by atoms with Gasteiger partial charge in [0.25, 0.3) is 11.8 Å². The van der Waals surface area contributed by atoms with Gasteiger partial charge in [0.2, 0.25) is 0 Å². The molecule has 9 heteroatoms. The number of rotatable bonds is 5. The van der Waals surface area contributed by atoms with E-state index >= 15 is 0 Å². The Morgan fingerprint density at radius 3 is 2.40 bits per heavy atom. The zero-order chi connectivity index (χ0) is 29.0. The zero-order valence-electron chi connectivity index (χ0n) is 22.5. The quantitative estimate of drug-likeness (QED) is 0.256. The van der Waals surface area contributed by atoms with Crippen molar-refractivity contribution in [3.8, 4) is 5.75 Å². The van der Waals surface area contributed by atoms with E-state index in [0.29, 0.717) is 17.9 Å². The van der Waals surface area contributed by atoms with Crippen LogP contribution in [0.15, 0.2) is 97.1 Å². The lowest BCUT2D eigenvalue weighted by molar-refractivity contribution is -0.120. The van der Waals surface area contributed by atoms with Crippen LogP contribution in [0.4, 0.5) is 20.6 Å². The Labute approximate surface area is 240 Å². The molecule has 2 atom stereocenters. The van der Waals surface area contributed by atoms with Crippen molar-refractivity contribution in [1.82, 2.24) is 9.88 Å². The van der Waals surface area contributed by atoms with Gasteiger partial charge in [0.1, 0.15) is 23.7 Å². The van der Waals surface area contributed by atoms with Crippen LogP contribution in [-0.4, -0.2) is 40.9 Å². The van der Waals surface area contributed by atoms with E-state index in [1.165, 1.54) is 24.3 Å². The van der Waals surface area contributed by atoms with Gasteiger partial charge in [0, 0.05) is 28.7 Å². The van der Waals surface area contributed by atoms with Gasteiger partial charge < -0.3 is 15.0 Å². The van der Waals surface area contributed by atoms with Gasteiger partial charge in [-0.15, -0.1) is 0 Å². The number of amides is 4. The molecule has 2 unspecified atom stereocenters. The molecular formula is C33H25FN4O4. The third-order valence-electron chi connectivity index (χ3n) is 7.97. The molecule has 4 aromatic carbocycles. The van der Waals surface area contributed by atoms with Crippen LogP contribution in [0.25, 0.3) is 10.9 Å². The number of carbonyl (C=O) groups excluding carboxylic acids is 3. The van der Waals surface area contributed by atoms with Gasteiger partial charge in [-0.3, -0.25) is 14.5 Å². The number of H-pyrrole nitrogens is 1. The number of aromatic nitrogens is 1. The largest absolute Gasteiger partial charge is 0.497 e. The van der Waals surface area contributed by atoms with Crippen LogP contribution in [-0.2, 0) is 11.2 Å². The highest BCUT2D eigenvalue weighted by atomic mass is 19.1. The molecule has 2 aliphatic rings. The maximum atomic E-state index is 14.3. The summed E-state index contributed by atoms with van der Waals surface area (Å²) in [6, 6.07) is 25.3. The van der Waals surface area contributed by atoms with Crippen LogP contribution < -0.4 is 15.0 Å². The van der Waals surface area contributed by atoms with Gasteiger partial charge >= 0.3 is 6.03 Å². The lowest BCUT2D eigenvalue weighted by atomic mass is 9.89. The van der Waals surface area contributed by atoms with Gasteiger partial charge in [-0.05, 0) is 65.7 Å². The minimum absolute atomic E-state index is 0.147. The Bertz CT molecular complexity index is 1870. The van der Waals surface area contributed by atoms with E-state index in [4.69, 9.17) is 4.74 Å². The molecule has 0 bridgehead atoms. The minimum Gasteiger partial charge on any atom is -0.497 e. The van der Waals surface area contributed by atoms with E-state index in [9.17, 15) is 18.8 Å². The van der Waals surface area contributed by atoms with Gasteiger partial charge in [0.05, 0.1) is 18.4 Å². The molecule has 4 amide bonds. The first-order valence-corrected chi connectivity index (χ1v) is 13.5. The SMILES string of the molecule is COc1ccc(C2c3[nH]c4ccccc4c3CC3C(=O)N(c4ccccc4C(=O)Nc4ccc(F)cc4)C(=O)N32)cc1. The standard InChI is InChI=1S/C33H25FN4O4/c1-42-22-16-10-19(11-17-22)30-29-25(23-6-2-4-8-26(23)36-29)18-28-32(40)38(33(41)37(28)30)27-9-5-3-7-24(27)31(39)35-21-14-12-20(34)13-15-21/h2-17,28,30,36H,18H2,1H3,(H,35,39). The number of hydrogen-bond acceptors (Lipinski definition) is 4. The number of benzene rings is 4. The number of para-hydroxylation sites is 2. The Hall–Kier alpha value is -5.44. The molecule has 5 aromatic rings. The fourth-order valence-corrected chi connectivity index (χ4v) is 6.02. The number of nitrogens with zero attached hydrogens (tertiary/aromatic N) is 2. The first-order valence-electron chi connectivity index (χ1n) is 13.5. The normalized spacial score (nSPS) is 17.8. The first-order chi connectivity index (χ1) is 20.4. The van der Waals surface area contributed by atoms with Crippen molar-refractivity contribution in [2.24, 2.45) is 0 Å². The highest BCUT2D eigenvalue weighted by Gasteiger charge is 2.53. The third-order valence-corrected chi connectivity index (χ3v) is 7.97. The highest BCUT2D eigenvalue weighted by Crippen LogP contribution is 2.45. The summed E-state index contributed by atoms with van der Waals surface area (Å²) in [6.07, 6.45) is 0.330. The number of imide groups is 1. The number of nitrogens with one attached hydrogen (secondary N) is 2. The average Bonchev–Trinajstić information content (AvgIpc) is 3.51. The van der Waals surface area contributed by atoms with Crippen molar-refractivity contribution in [3.63, 3.8) is 0 Å². The Morgan fingerprint density at radius 1 is 0.929 bits per heavy atom. The molecule has 2 N–H and O–H groups in total. The van der Waals surface area contributed by atoms with Gasteiger partial charge in [-0.2, -0.15) is 0 Å². The van der Waals surface area contributed by atoms with E-state index in [0.717, 1.165) is 32.6 Å². The van der Waals surface area contributed by atoms with Crippen molar-refractivity contribution in [3.05, 3.63) is 125 Å². The number of hydrogen-bond donors (Lipinski definition) is 2. The monoisotopic (exact) mass is 560 g/mol. The highest BCUT2D eigenvalue weighted by molar-refractivity contribution is 6.24. The van der Waals surface area contributed by atoms with E-state index < -0.39 is 35.7 Å². The smallest absolute Gasteiger partial charge is 0.332 e. The number of halogens is 1. The van der Waals surface area contributed by atoms with Crippen molar-refractivity contribution in [2.45, 2.75) is 18.5 Å². The number of ether oxygens (including phenoxy) is 1. The first kappa shape index (κ1) is 25.5. The number of carbonyl (C=O) groups is 3. The summed E-state index contributed by atoms with van der Waals surface area (Å²) in [6.45, 7) is 0. The lowest BCUT2D eigenvalue weighted by Gasteiger charge is -2.36. The van der Waals surface area contributed by atoms with E-state index in [1.807, 2.05) is 48.5 Å². The summed E-state index contributed by atoms with van der Waals surface area (Å²) in [5.74, 6) is -0.682. The zero-order valence-corrected chi connectivity index (χ0v) is 22.5. The van der Waals surface area contributed by atoms with Gasteiger partial charge in [-0.1, -0.05) is 42.5 Å². The number of methoxy groups -OCH3 is 1. The van der Waals surface area contributed by atoms with Crippen LogP contribution >= 0.6 is 0 Å². The van der Waals surface area contributed by atoms with Crippen molar-refractivity contribution in [1.29, 1.82) is 0 Å². The molecular weight excluding hydrogens is 535 g/mol. The molecule has 3 heterocycles. The number of aromatic amines is 1. The molecule has 1 fully saturated rings. The molecule has 0 spiro atoms. The number of urea groups is 1. The topological polar surface area (TPSA) is 94.7 Å². The Morgan fingerprint density at radius 2 is 1.64 bits per heavy atom. The molecule has 8 nitrogen and oxygen atoms in total. The fourth-order valence-electron chi connectivity index (χ4n) is 6.02. The molecule has 0 saturated carbocycles. The molecule has 208 valence electrons. The summed E-state index contributed by atoms with van der Waals surface area (Å²) in [5, 5.41) is 3.74. The molecule has 1 aromatic heterocycles. The Kier molecular flexibility index (Phi) is 6.00. The van der Waals surface area contributed by atoms with Gasteiger partial charge in [0.15, 0.2) is 0 Å². The molecule has 0 radical (unpaired) electrons. The Balaban J connectivity index is 1.31. The molecule has 1 saturated heterocycles. The molecule has 0 aliphatic carbocycles. The summed E-state index contributed by atoms with van der Waals surface area (Å²) < 4.78 is 18.7. The maximum Gasteiger partial charge on any atom is 0.332 e.